The molecule has 1 rings (SSSR count). The van der Waals surface area contributed by atoms with Crippen molar-refractivity contribution in [2.24, 2.45) is 0 Å². The number of carbonyl (C=O) groups excluding carboxylic acids is 1. The molecule has 0 unspecified atom stereocenters. The van der Waals surface area contributed by atoms with Gasteiger partial charge in [-0.1, -0.05) is 6.08 Å². The number of ketones is 1. The van der Waals surface area contributed by atoms with E-state index in [9.17, 15) is 4.79 Å². The van der Waals surface area contributed by atoms with Gasteiger partial charge in [0.25, 0.3) is 0 Å². The van der Waals surface area contributed by atoms with Crippen LogP contribution in [0.3, 0.4) is 0 Å². The van der Waals surface area contributed by atoms with Gasteiger partial charge in [0.1, 0.15) is 5.78 Å². The van der Waals surface area contributed by atoms with E-state index in [-0.39, 0.29) is 5.78 Å². The van der Waals surface area contributed by atoms with Gasteiger partial charge in [-0.05, 0) is 22.4 Å². The highest BCUT2D eigenvalue weighted by atomic mass is 32.1. The molecule has 58 valence electrons. The Hall–Kier alpha value is -0.890. The van der Waals surface area contributed by atoms with Gasteiger partial charge in [-0.2, -0.15) is 11.3 Å². The van der Waals surface area contributed by atoms with E-state index in [2.05, 4.69) is 6.58 Å². The molecular weight excluding hydrogens is 156 g/mol. The Kier molecular flexibility index (Phi) is 3.05. The highest BCUT2D eigenvalue weighted by molar-refractivity contribution is 7.07. The number of Topliss-reactive ketones (excluding diaryl/α,β-unsaturated/α-hetero) is 1. The van der Waals surface area contributed by atoms with Crippen LogP contribution in [0.4, 0.5) is 0 Å². The van der Waals surface area contributed by atoms with E-state index in [0.29, 0.717) is 12.8 Å². The fourth-order valence-electron chi connectivity index (χ4n) is 0.854. The molecule has 0 aliphatic heterocycles. The number of allylic oxidation sites excluding steroid dienone is 1. The van der Waals surface area contributed by atoms with Crippen molar-refractivity contribution in [2.45, 2.75) is 12.8 Å². The van der Waals surface area contributed by atoms with E-state index >= 15 is 0 Å². The van der Waals surface area contributed by atoms with Crippen LogP contribution in [0.1, 0.15) is 12.0 Å². The molecule has 1 aromatic heterocycles. The first-order valence-corrected chi connectivity index (χ1v) is 4.41. The van der Waals surface area contributed by atoms with E-state index in [4.69, 9.17) is 0 Å². The van der Waals surface area contributed by atoms with Crippen LogP contribution in [-0.4, -0.2) is 5.78 Å². The van der Waals surface area contributed by atoms with Crippen molar-refractivity contribution in [2.75, 3.05) is 0 Å². The fourth-order valence-corrected chi connectivity index (χ4v) is 1.52. The molecule has 0 spiro atoms. The topological polar surface area (TPSA) is 17.1 Å². The van der Waals surface area contributed by atoms with Gasteiger partial charge in [-0.25, -0.2) is 0 Å². The van der Waals surface area contributed by atoms with Crippen LogP contribution in [0.25, 0.3) is 0 Å². The van der Waals surface area contributed by atoms with E-state index in [1.165, 1.54) is 0 Å². The summed E-state index contributed by atoms with van der Waals surface area (Å²) in [7, 11) is 0. The molecule has 0 bridgehead atoms. The molecule has 1 aromatic rings. The first-order chi connectivity index (χ1) is 5.33. The lowest BCUT2D eigenvalue weighted by Crippen LogP contribution is -1.98. The van der Waals surface area contributed by atoms with Crippen molar-refractivity contribution in [1.29, 1.82) is 0 Å². The summed E-state index contributed by atoms with van der Waals surface area (Å²) in [5.74, 6) is 0.235. The van der Waals surface area contributed by atoms with Crippen LogP contribution >= 0.6 is 11.3 Å². The third kappa shape index (κ3) is 2.68. The van der Waals surface area contributed by atoms with Crippen LogP contribution in [0, 0.1) is 0 Å². The Labute approximate surface area is 70.4 Å². The van der Waals surface area contributed by atoms with Crippen LogP contribution in [-0.2, 0) is 11.2 Å². The minimum atomic E-state index is 0.235. The lowest BCUT2D eigenvalue weighted by Gasteiger charge is -1.92. The molecule has 0 aromatic carbocycles. The van der Waals surface area contributed by atoms with Crippen molar-refractivity contribution in [3.8, 4) is 0 Å². The Morgan fingerprint density at radius 2 is 2.55 bits per heavy atom. The van der Waals surface area contributed by atoms with E-state index in [0.717, 1.165) is 5.56 Å². The number of hydrogen-bond acceptors (Lipinski definition) is 2. The van der Waals surface area contributed by atoms with Gasteiger partial charge in [0.15, 0.2) is 0 Å². The van der Waals surface area contributed by atoms with Crippen molar-refractivity contribution >= 4 is 17.1 Å². The molecule has 0 amide bonds. The molecule has 2 heteroatoms. The number of carbonyl (C=O) groups is 1. The number of rotatable bonds is 4. The van der Waals surface area contributed by atoms with Gasteiger partial charge in [0.2, 0.25) is 0 Å². The summed E-state index contributed by atoms with van der Waals surface area (Å²) in [5.41, 5.74) is 1.11. The quantitative estimate of drug-likeness (QED) is 0.628. The molecule has 0 aliphatic rings. The summed E-state index contributed by atoms with van der Waals surface area (Å²) in [6.07, 6.45) is 2.68. The molecule has 1 nitrogen and oxygen atoms in total. The van der Waals surface area contributed by atoms with Gasteiger partial charge in [0, 0.05) is 12.8 Å². The summed E-state index contributed by atoms with van der Waals surface area (Å²) >= 11 is 1.62. The predicted molar refractivity (Wildman–Crippen MR) is 47.8 cm³/mol. The second-order valence-corrected chi connectivity index (χ2v) is 3.12. The van der Waals surface area contributed by atoms with Crippen LogP contribution in [0.15, 0.2) is 29.5 Å². The van der Waals surface area contributed by atoms with Gasteiger partial charge >= 0.3 is 0 Å². The minimum Gasteiger partial charge on any atom is -0.299 e. The van der Waals surface area contributed by atoms with Crippen LogP contribution in [0.5, 0.6) is 0 Å². The Morgan fingerprint density at radius 1 is 1.73 bits per heavy atom. The Morgan fingerprint density at radius 3 is 3.09 bits per heavy atom. The highest BCUT2D eigenvalue weighted by Crippen LogP contribution is 2.07. The zero-order valence-corrected chi connectivity index (χ0v) is 7.06. The average molecular weight is 166 g/mol. The highest BCUT2D eigenvalue weighted by Gasteiger charge is 2.00. The first-order valence-electron chi connectivity index (χ1n) is 3.46. The smallest absolute Gasteiger partial charge is 0.141 e. The molecule has 1 heterocycles. The average Bonchev–Trinajstić information content (AvgIpc) is 2.40. The maximum Gasteiger partial charge on any atom is 0.141 e. The number of hydrogen-bond donors (Lipinski definition) is 0. The largest absolute Gasteiger partial charge is 0.299 e. The molecule has 0 saturated heterocycles. The minimum absolute atomic E-state index is 0.235. The van der Waals surface area contributed by atoms with Crippen molar-refractivity contribution < 1.29 is 4.79 Å². The lowest BCUT2D eigenvalue weighted by atomic mass is 10.1. The molecule has 0 N–H and O–H groups in total. The summed E-state index contributed by atoms with van der Waals surface area (Å²) < 4.78 is 0. The monoisotopic (exact) mass is 166 g/mol. The lowest BCUT2D eigenvalue weighted by molar-refractivity contribution is -0.117. The molecule has 0 saturated carbocycles. The summed E-state index contributed by atoms with van der Waals surface area (Å²) in [5, 5.41) is 3.98. The van der Waals surface area contributed by atoms with Crippen molar-refractivity contribution in [3.05, 3.63) is 35.0 Å². The second kappa shape index (κ2) is 4.09. The molecule has 0 aliphatic carbocycles. The first kappa shape index (κ1) is 8.21. The standard InChI is InChI=1S/C9H10OS/c1-2-3-9(10)6-8-4-5-11-7-8/h2,4-5,7H,1,3,6H2. The van der Waals surface area contributed by atoms with E-state index in [1.54, 1.807) is 17.4 Å². The predicted octanol–water partition coefficient (Wildman–Crippen LogP) is 2.44. The number of thiophene rings is 1. The van der Waals surface area contributed by atoms with E-state index < -0.39 is 0 Å². The molecule has 0 radical (unpaired) electrons. The molecular formula is C9H10OS. The Balaban J connectivity index is 2.43. The van der Waals surface area contributed by atoms with Crippen LogP contribution in [0.2, 0.25) is 0 Å². The SMILES string of the molecule is C=CCC(=O)Cc1ccsc1. The van der Waals surface area contributed by atoms with Gasteiger partial charge < -0.3 is 0 Å². The fraction of sp³-hybridized carbons (Fsp3) is 0.222. The summed E-state index contributed by atoms with van der Waals surface area (Å²) in [4.78, 5) is 11.0. The second-order valence-electron chi connectivity index (χ2n) is 2.34. The van der Waals surface area contributed by atoms with Crippen LogP contribution < -0.4 is 0 Å². The van der Waals surface area contributed by atoms with Gasteiger partial charge in [0.05, 0.1) is 0 Å². The van der Waals surface area contributed by atoms with Gasteiger partial charge in [-0.3, -0.25) is 4.79 Å². The molecule has 0 fully saturated rings. The third-order valence-electron chi connectivity index (χ3n) is 1.35. The van der Waals surface area contributed by atoms with Crippen molar-refractivity contribution in [1.82, 2.24) is 0 Å². The molecule has 11 heavy (non-hydrogen) atoms. The maximum atomic E-state index is 11.0. The Bertz CT molecular complexity index is 236. The zero-order chi connectivity index (χ0) is 8.10. The maximum absolute atomic E-state index is 11.0. The third-order valence-corrected chi connectivity index (χ3v) is 2.09. The van der Waals surface area contributed by atoms with E-state index in [1.807, 2.05) is 16.8 Å². The van der Waals surface area contributed by atoms with Crippen molar-refractivity contribution in [3.63, 3.8) is 0 Å². The molecule has 0 atom stereocenters. The van der Waals surface area contributed by atoms with Gasteiger partial charge in [-0.15, -0.1) is 6.58 Å². The normalized spacial score (nSPS) is 9.45. The summed E-state index contributed by atoms with van der Waals surface area (Å²) in [6.45, 7) is 3.51. The zero-order valence-electron chi connectivity index (χ0n) is 6.25. The summed E-state index contributed by atoms with van der Waals surface area (Å²) in [6, 6.07) is 1.98.